The zero-order chi connectivity index (χ0) is 18.9. The van der Waals surface area contributed by atoms with Gasteiger partial charge in [0, 0.05) is 57.5 Å². The Bertz CT molecular complexity index is 711. The minimum Gasteiger partial charge on any atom is -0.369 e. The molecule has 0 atom stereocenters. The topological polar surface area (TPSA) is 50.2 Å². The minimum atomic E-state index is 0.110. The molecule has 1 aromatic heterocycles. The summed E-state index contributed by atoms with van der Waals surface area (Å²) in [5.74, 6) is 2.33. The number of aryl methyl sites for hydroxylation is 2. The van der Waals surface area contributed by atoms with Crippen LogP contribution < -0.4 is 10.2 Å². The third-order valence-electron chi connectivity index (χ3n) is 4.61. The van der Waals surface area contributed by atoms with Crippen LogP contribution >= 0.6 is 23.2 Å². The Morgan fingerprint density at radius 2 is 1.92 bits per heavy atom. The zero-order valence-electron chi connectivity index (χ0n) is 15.6. The van der Waals surface area contributed by atoms with Crippen LogP contribution in [-0.4, -0.2) is 47.4 Å². The molecule has 0 spiro atoms. The van der Waals surface area contributed by atoms with Crippen LogP contribution in [-0.2, 0) is 18.3 Å². The number of amides is 1. The van der Waals surface area contributed by atoms with E-state index in [1.165, 1.54) is 0 Å². The lowest BCUT2D eigenvalue weighted by molar-refractivity contribution is -0.120. The number of benzene rings is 1. The summed E-state index contributed by atoms with van der Waals surface area (Å²) in [5, 5.41) is 2.66. The molecule has 2 aromatic rings. The smallest absolute Gasteiger partial charge is 0.219 e. The molecule has 144 valence electrons. The van der Waals surface area contributed by atoms with E-state index in [2.05, 4.69) is 40.0 Å². The molecule has 0 aliphatic carbocycles. The zero-order valence-corrected chi connectivity index (χ0v) is 17.1. The molecule has 1 aromatic carbocycles. The Morgan fingerprint density at radius 3 is 2.58 bits per heavy atom. The monoisotopic (exact) mass is 398 g/mol. The lowest BCUT2D eigenvalue weighted by atomic mass is 10.1. The summed E-state index contributed by atoms with van der Waals surface area (Å²) >= 11 is 11.8. The molecule has 1 amide bonds. The molecular weight excluding hydrogens is 371 g/mol. The predicted molar refractivity (Wildman–Crippen MR) is 111 cm³/mol. The maximum Gasteiger partial charge on any atom is 0.219 e. The van der Waals surface area contributed by atoms with Crippen molar-refractivity contribution in [3.63, 3.8) is 0 Å². The molecule has 0 fully saturated rings. The van der Waals surface area contributed by atoms with Gasteiger partial charge in [0.05, 0.1) is 11.0 Å². The Morgan fingerprint density at radius 1 is 1.19 bits per heavy atom. The van der Waals surface area contributed by atoms with Crippen LogP contribution in [0.25, 0.3) is 11.0 Å². The average molecular weight is 399 g/mol. The maximum absolute atomic E-state index is 11.2. The molecule has 0 saturated carbocycles. The second-order valence-electron chi connectivity index (χ2n) is 6.36. The summed E-state index contributed by atoms with van der Waals surface area (Å²) < 4.78 is 2.16. The van der Waals surface area contributed by atoms with E-state index in [0.29, 0.717) is 18.2 Å². The molecule has 0 aliphatic heterocycles. The summed E-state index contributed by atoms with van der Waals surface area (Å²) in [6.45, 7) is 1.54. The first-order valence-electron chi connectivity index (χ1n) is 9.13. The van der Waals surface area contributed by atoms with E-state index in [0.717, 1.165) is 61.3 Å². The number of alkyl halides is 2. The number of nitrogens with zero attached hydrogens (tertiary/aromatic N) is 3. The van der Waals surface area contributed by atoms with Crippen molar-refractivity contribution in [3.05, 3.63) is 24.0 Å². The fourth-order valence-electron chi connectivity index (χ4n) is 3.10. The molecule has 0 bridgehead atoms. The number of aromatic nitrogens is 2. The first kappa shape index (κ1) is 20.8. The minimum absolute atomic E-state index is 0.110. The number of imidazole rings is 1. The summed E-state index contributed by atoms with van der Waals surface area (Å²) in [5.41, 5.74) is 3.24. The molecule has 26 heavy (non-hydrogen) atoms. The van der Waals surface area contributed by atoms with Gasteiger partial charge in [-0.15, -0.1) is 23.2 Å². The van der Waals surface area contributed by atoms with Gasteiger partial charge >= 0.3 is 0 Å². The molecule has 1 heterocycles. The summed E-state index contributed by atoms with van der Waals surface area (Å²) in [7, 11) is 3.74. The molecule has 0 unspecified atom stereocenters. The van der Waals surface area contributed by atoms with E-state index in [9.17, 15) is 4.79 Å². The molecule has 0 aliphatic rings. The van der Waals surface area contributed by atoms with Crippen LogP contribution in [0.2, 0.25) is 0 Å². The number of carbonyl (C=O) groups excluding carboxylic acids is 1. The van der Waals surface area contributed by atoms with Crippen molar-refractivity contribution in [3.8, 4) is 0 Å². The van der Waals surface area contributed by atoms with Crippen molar-refractivity contribution in [2.45, 2.75) is 32.1 Å². The summed E-state index contributed by atoms with van der Waals surface area (Å²) in [6, 6.07) is 6.34. The second-order valence-corrected chi connectivity index (χ2v) is 7.11. The Labute approximate surface area is 165 Å². The van der Waals surface area contributed by atoms with Gasteiger partial charge in [0.2, 0.25) is 5.91 Å². The van der Waals surface area contributed by atoms with Crippen LogP contribution in [0.5, 0.6) is 0 Å². The van der Waals surface area contributed by atoms with Crippen molar-refractivity contribution in [2.24, 2.45) is 7.05 Å². The molecule has 0 radical (unpaired) electrons. The highest BCUT2D eigenvalue weighted by atomic mass is 35.5. The highest BCUT2D eigenvalue weighted by molar-refractivity contribution is 6.18. The van der Waals surface area contributed by atoms with E-state index in [1.807, 2.05) is 0 Å². The van der Waals surface area contributed by atoms with Gasteiger partial charge < -0.3 is 14.8 Å². The van der Waals surface area contributed by atoms with Gasteiger partial charge in [-0.05, 0) is 31.0 Å². The van der Waals surface area contributed by atoms with Crippen molar-refractivity contribution in [2.75, 3.05) is 36.8 Å². The van der Waals surface area contributed by atoms with Gasteiger partial charge in [-0.3, -0.25) is 4.79 Å². The number of nitrogens with one attached hydrogen (secondary N) is 1. The highest BCUT2D eigenvalue weighted by Crippen LogP contribution is 2.23. The third kappa shape index (κ3) is 5.52. The van der Waals surface area contributed by atoms with Gasteiger partial charge in [-0.1, -0.05) is 6.42 Å². The van der Waals surface area contributed by atoms with Crippen molar-refractivity contribution >= 4 is 45.8 Å². The SMILES string of the molecule is CNC(=O)CCCCCc1nc2cc(N(CCCl)CCCl)ccc2n1C. The van der Waals surface area contributed by atoms with Crippen molar-refractivity contribution in [1.82, 2.24) is 14.9 Å². The molecule has 0 saturated heterocycles. The molecular formula is C19H28Cl2N4O. The van der Waals surface area contributed by atoms with E-state index in [4.69, 9.17) is 28.2 Å². The van der Waals surface area contributed by atoms with Crippen LogP contribution in [0.1, 0.15) is 31.5 Å². The Balaban J connectivity index is 2.03. The number of hydrogen-bond donors (Lipinski definition) is 1. The number of halogens is 2. The van der Waals surface area contributed by atoms with Crippen LogP contribution in [0.3, 0.4) is 0 Å². The van der Waals surface area contributed by atoms with Crippen LogP contribution in [0.4, 0.5) is 5.69 Å². The normalized spacial score (nSPS) is 11.1. The second kappa shape index (κ2) is 10.6. The van der Waals surface area contributed by atoms with E-state index in [1.54, 1.807) is 7.05 Å². The standard InChI is InChI=1S/C19H28Cl2N4O/c1-22-19(26)7-5-3-4-6-18-23-16-14-15(8-9-17(16)24(18)2)25(12-10-20)13-11-21/h8-9,14H,3-7,10-13H2,1-2H3,(H,22,26). The van der Waals surface area contributed by atoms with Gasteiger partial charge in [0.15, 0.2) is 0 Å². The third-order valence-corrected chi connectivity index (χ3v) is 4.95. The first-order valence-corrected chi connectivity index (χ1v) is 10.2. The maximum atomic E-state index is 11.2. The lowest BCUT2D eigenvalue weighted by Crippen LogP contribution is -2.27. The summed E-state index contributed by atoms with van der Waals surface area (Å²) in [4.78, 5) is 18.3. The lowest BCUT2D eigenvalue weighted by Gasteiger charge is -2.22. The number of fused-ring (bicyclic) bond motifs is 1. The van der Waals surface area contributed by atoms with Crippen LogP contribution in [0.15, 0.2) is 18.2 Å². The fraction of sp³-hybridized carbons (Fsp3) is 0.579. The Hall–Kier alpha value is -1.46. The number of rotatable bonds is 11. The number of carbonyl (C=O) groups is 1. The van der Waals surface area contributed by atoms with E-state index in [-0.39, 0.29) is 5.91 Å². The predicted octanol–water partition coefficient (Wildman–Crippen LogP) is 3.71. The van der Waals surface area contributed by atoms with E-state index < -0.39 is 0 Å². The number of anilines is 1. The van der Waals surface area contributed by atoms with Crippen molar-refractivity contribution in [1.29, 1.82) is 0 Å². The molecule has 7 heteroatoms. The highest BCUT2D eigenvalue weighted by Gasteiger charge is 2.11. The quantitative estimate of drug-likeness (QED) is 0.463. The average Bonchev–Trinajstić information content (AvgIpc) is 2.96. The van der Waals surface area contributed by atoms with Gasteiger partial charge in [-0.2, -0.15) is 0 Å². The van der Waals surface area contributed by atoms with Gasteiger partial charge in [0.25, 0.3) is 0 Å². The largest absolute Gasteiger partial charge is 0.369 e. The molecule has 1 N–H and O–H groups in total. The fourth-order valence-corrected chi connectivity index (χ4v) is 3.51. The van der Waals surface area contributed by atoms with Crippen LogP contribution in [0, 0.1) is 0 Å². The Kier molecular flexibility index (Phi) is 8.52. The summed E-state index contributed by atoms with van der Waals surface area (Å²) in [6.07, 6.45) is 4.49. The van der Waals surface area contributed by atoms with Crippen molar-refractivity contribution < 1.29 is 4.79 Å². The molecule has 2 rings (SSSR count). The van der Waals surface area contributed by atoms with Gasteiger partial charge in [0.1, 0.15) is 5.82 Å². The van der Waals surface area contributed by atoms with Gasteiger partial charge in [-0.25, -0.2) is 4.98 Å². The number of unbranched alkanes of at least 4 members (excludes halogenated alkanes) is 2. The van der Waals surface area contributed by atoms with E-state index >= 15 is 0 Å². The number of hydrogen-bond acceptors (Lipinski definition) is 3. The first-order chi connectivity index (χ1) is 12.6. The molecule has 5 nitrogen and oxygen atoms in total.